The smallest absolute Gasteiger partial charge is 0.356 e. The van der Waals surface area contributed by atoms with Gasteiger partial charge in [0.25, 0.3) is 0 Å². The average Bonchev–Trinajstić information content (AvgIpc) is 2.82. The number of nitrogens with two attached hydrogens (primary N) is 1. The van der Waals surface area contributed by atoms with E-state index in [1.807, 2.05) is 0 Å². The van der Waals surface area contributed by atoms with Crippen molar-refractivity contribution in [3.8, 4) is 0 Å². The Morgan fingerprint density at radius 1 is 1.50 bits per heavy atom. The third kappa shape index (κ3) is 2.37. The van der Waals surface area contributed by atoms with Gasteiger partial charge in [0.05, 0.1) is 6.04 Å². The molecule has 0 aromatic carbocycles. The van der Waals surface area contributed by atoms with Crippen LogP contribution in [-0.4, -0.2) is 50.6 Å². The number of rotatable bonds is 4. The molecule has 0 bridgehead atoms. The van der Waals surface area contributed by atoms with Crippen molar-refractivity contribution in [2.24, 2.45) is 5.73 Å². The topological polar surface area (TPSA) is 97.3 Å². The molecule has 2 rings (SSSR count). The Morgan fingerprint density at radius 2 is 2.17 bits per heavy atom. The van der Waals surface area contributed by atoms with E-state index in [9.17, 15) is 9.90 Å². The van der Waals surface area contributed by atoms with Gasteiger partial charge in [-0.15, -0.1) is 5.10 Å². The van der Waals surface area contributed by atoms with Crippen molar-refractivity contribution >= 4 is 5.97 Å². The lowest BCUT2D eigenvalue weighted by molar-refractivity contribution is 0.0673. The molecule has 1 fully saturated rings. The van der Waals surface area contributed by atoms with Gasteiger partial charge in [-0.2, -0.15) is 0 Å². The van der Waals surface area contributed by atoms with E-state index in [1.54, 1.807) is 0 Å². The first-order valence-corrected chi connectivity index (χ1v) is 6.27. The summed E-state index contributed by atoms with van der Waals surface area (Å²) in [6.07, 6.45) is 1.81. The van der Waals surface area contributed by atoms with Crippen LogP contribution in [0.1, 0.15) is 42.0 Å². The Kier molecular flexibility index (Phi) is 3.93. The highest BCUT2D eigenvalue weighted by Gasteiger charge is 2.27. The molecule has 0 unspecified atom stereocenters. The summed E-state index contributed by atoms with van der Waals surface area (Å²) in [5.41, 5.74) is 5.99. The SMILES string of the molecule is CCN1CCC(n2nnc(CN)c2C(=O)O)CC1. The fraction of sp³-hybridized carbons (Fsp3) is 0.727. The number of carboxylic acids is 1. The lowest BCUT2D eigenvalue weighted by Gasteiger charge is -2.31. The number of aromatic carboxylic acids is 1. The molecular formula is C11H19N5O2. The molecule has 1 aliphatic rings. The Morgan fingerprint density at radius 3 is 2.67 bits per heavy atom. The molecular weight excluding hydrogens is 234 g/mol. The number of likely N-dealkylation sites (tertiary alicyclic amines) is 1. The molecule has 7 heteroatoms. The molecule has 0 saturated carbocycles. The molecule has 18 heavy (non-hydrogen) atoms. The zero-order valence-electron chi connectivity index (χ0n) is 10.5. The third-order valence-electron chi connectivity index (χ3n) is 3.51. The van der Waals surface area contributed by atoms with E-state index in [2.05, 4.69) is 22.1 Å². The van der Waals surface area contributed by atoms with E-state index in [0.29, 0.717) is 5.69 Å². The van der Waals surface area contributed by atoms with Crippen molar-refractivity contribution < 1.29 is 9.90 Å². The first-order valence-electron chi connectivity index (χ1n) is 6.27. The minimum Gasteiger partial charge on any atom is -0.476 e. The van der Waals surface area contributed by atoms with Crippen LogP contribution in [0.15, 0.2) is 0 Å². The van der Waals surface area contributed by atoms with Crippen LogP contribution in [0.3, 0.4) is 0 Å². The van der Waals surface area contributed by atoms with E-state index in [0.717, 1.165) is 32.5 Å². The first-order chi connectivity index (χ1) is 8.67. The summed E-state index contributed by atoms with van der Waals surface area (Å²) in [5, 5.41) is 17.1. The number of carbonyl (C=O) groups is 1. The standard InChI is InChI=1S/C11H19N5O2/c1-2-15-5-3-8(4-6-15)16-10(11(17)18)9(7-12)13-14-16/h8H,2-7,12H2,1H3,(H,17,18). The second kappa shape index (κ2) is 5.45. The number of nitrogens with zero attached hydrogens (tertiary/aromatic N) is 4. The van der Waals surface area contributed by atoms with Gasteiger partial charge in [0.2, 0.25) is 0 Å². The molecule has 0 amide bonds. The van der Waals surface area contributed by atoms with Gasteiger partial charge in [0.15, 0.2) is 5.69 Å². The Balaban J connectivity index is 2.19. The van der Waals surface area contributed by atoms with E-state index in [4.69, 9.17) is 5.73 Å². The van der Waals surface area contributed by atoms with Gasteiger partial charge in [-0.25, -0.2) is 9.48 Å². The molecule has 0 atom stereocenters. The fourth-order valence-corrected chi connectivity index (χ4v) is 2.42. The van der Waals surface area contributed by atoms with Crippen molar-refractivity contribution in [2.75, 3.05) is 19.6 Å². The Bertz CT molecular complexity index is 423. The number of carboxylic acid groups (broad SMARTS) is 1. The van der Waals surface area contributed by atoms with Crippen LogP contribution in [0.4, 0.5) is 0 Å². The lowest BCUT2D eigenvalue weighted by atomic mass is 10.0. The minimum atomic E-state index is -1.00. The van der Waals surface area contributed by atoms with Crippen LogP contribution >= 0.6 is 0 Å². The molecule has 100 valence electrons. The summed E-state index contributed by atoms with van der Waals surface area (Å²) in [6, 6.07) is 0.117. The second-order valence-corrected chi connectivity index (χ2v) is 4.50. The molecule has 0 radical (unpaired) electrons. The summed E-state index contributed by atoms with van der Waals surface area (Å²) < 4.78 is 1.54. The summed E-state index contributed by atoms with van der Waals surface area (Å²) in [4.78, 5) is 13.6. The van der Waals surface area contributed by atoms with E-state index in [1.165, 1.54) is 4.68 Å². The van der Waals surface area contributed by atoms with Crippen molar-refractivity contribution in [1.29, 1.82) is 0 Å². The number of aromatic nitrogens is 3. The predicted octanol–water partition coefficient (Wildman–Crippen LogP) is 0.0918. The number of hydrogen-bond acceptors (Lipinski definition) is 5. The molecule has 1 aliphatic heterocycles. The van der Waals surface area contributed by atoms with Crippen LogP contribution in [0, 0.1) is 0 Å². The monoisotopic (exact) mass is 253 g/mol. The van der Waals surface area contributed by atoms with E-state index in [-0.39, 0.29) is 18.3 Å². The third-order valence-corrected chi connectivity index (χ3v) is 3.51. The van der Waals surface area contributed by atoms with Gasteiger partial charge < -0.3 is 15.7 Å². The van der Waals surface area contributed by atoms with Gasteiger partial charge in [0, 0.05) is 19.6 Å². The van der Waals surface area contributed by atoms with Gasteiger partial charge in [0.1, 0.15) is 5.69 Å². The molecule has 0 aliphatic carbocycles. The van der Waals surface area contributed by atoms with E-state index >= 15 is 0 Å². The van der Waals surface area contributed by atoms with Crippen LogP contribution in [0.5, 0.6) is 0 Å². The van der Waals surface area contributed by atoms with Crippen molar-refractivity contribution in [1.82, 2.24) is 19.9 Å². The Hall–Kier alpha value is -1.47. The summed E-state index contributed by atoms with van der Waals surface area (Å²) in [5.74, 6) is -1.00. The molecule has 1 saturated heterocycles. The zero-order valence-corrected chi connectivity index (χ0v) is 10.5. The molecule has 1 aromatic heterocycles. The zero-order chi connectivity index (χ0) is 13.1. The first kappa shape index (κ1) is 13.0. The molecule has 0 spiro atoms. The van der Waals surface area contributed by atoms with Crippen molar-refractivity contribution in [3.05, 3.63) is 11.4 Å². The highest BCUT2D eigenvalue weighted by atomic mass is 16.4. The largest absolute Gasteiger partial charge is 0.476 e. The summed E-state index contributed by atoms with van der Waals surface area (Å²) in [7, 11) is 0. The van der Waals surface area contributed by atoms with E-state index < -0.39 is 5.97 Å². The molecule has 2 heterocycles. The molecule has 3 N–H and O–H groups in total. The van der Waals surface area contributed by atoms with Crippen LogP contribution in [0.2, 0.25) is 0 Å². The normalized spacial score (nSPS) is 18.1. The summed E-state index contributed by atoms with van der Waals surface area (Å²) >= 11 is 0. The van der Waals surface area contributed by atoms with Gasteiger partial charge in [-0.1, -0.05) is 12.1 Å². The highest BCUT2D eigenvalue weighted by Crippen LogP contribution is 2.23. The lowest BCUT2D eigenvalue weighted by Crippen LogP contribution is -2.35. The summed E-state index contributed by atoms with van der Waals surface area (Å²) in [6.45, 7) is 5.21. The minimum absolute atomic E-state index is 0.107. The fourth-order valence-electron chi connectivity index (χ4n) is 2.42. The van der Waals surface area contributed by atoms with Crippen LogP contribution in [0.25, 0.3) is 0 Å². The second-order valence-electron chi connectivity index (χ2n) is 4.50. The number of hydrogen-bond donors (Lipinski definition) is 2. The van der Waals surface area contributed by atoms with Crippen LogP contribution in [-0.2, 0) is 6.54 Å². The Labute approximate surface area is 106 Å². The molecule has 7 nitrogen and oxygen atoms in total. The number of piperidine rings is 1. The highest BCUT2D eigenvalue weighted by molar-refractivity contribution is 5.86. The van der Waals surface area contributed by atoms with Gasteiger partial charge in [-0.3, -0.25) is 0 Å². The quantitative estimate of drug-likeness (QED) is 0.789. The van der Waals surface area contributed by atoms with Gasteiger partial charge in [-0.05, 0) is 19.4 Å². The average molecular weight is 253 g/mol. The van der Waals surface area contributed by atoms with Crippen molar-refractivity contribution in [3.63, 3.8) is 0 Å². The maximum Gasteiger partial charge on any atom is 0.356 e. The predicted molar refractivity (Wildman–Crippen MR) is 65.3 cm³/mol. The maximum atomic E-state index is 11.3. The van der Waals surface area contributed by atoms with Gasteiger partial charge >= 0.3 is 5.97 Å². The van der Waals surface area contributed by atoms with Crippen LogP contribution < -0.4 is 5.73 Å². The molecule has 1 aromatic rings. The van der Waals surface area contributed by atoms with Crippen molar-refractivity contribution in [2.45, 2.75) is 32.4 Å². The maximum absolute atomic E-state index is 11.3.